The molecule has 2 aromatic carbocycles. The van der Waals surface area contributed by atoms with Gasteiger partial charge < -0.3 is 14.5 Å². The van der Waals surface area contributed by atoms with Crippen LogP contribution in [0.2, 0.25) is 0 Å². The first-order valence-corrected chi connectivity index (χ1v) is 14.0. The number of aryl methyl sites for hydroxylation is 1. The quantitative estimate of drug-likeness (QED) is 0.336. The summed E-state index contributed by atoms with van der Waals surface area (Å²) in [6.45, 7) is 4.11. The SMILES string of the molecule is COc1ccc(CN(C[C@H]2CCCO2)[C@H](c2cc3cc(C)ccc3[nH]c2=O)c2nnnn2C2CCCC2)cc1. The average Bonchev–Trinajstić information content (AvgIpc) is 3.73. The molecule has 9 nitrogen and oxygen atoms in total. The maximum absolute atomic E-state index is 13.8. The number of fused-ring (bicyclic) bond motifs is 1. The van der Waals surface area contributed by atoms with E-state index in [-0.39, 0.29) is 17.7 Å². The Bertz CT molecular complexity index is 1470. The molecule has 2 fully saturated rings. The highest BCUT2D eigenvalue weighted by atomic mass is 16.5. The first kappa shape index (κ1) is 25.7. The molecule has 204 valence electrons. The van der Waals surface area contributed by atoms with Crippen molar-refractivity contribution in [1.29, 1.82) is 0 Å². The van der Waals surface area contributed by atoms with Crippen molar-refractivity contribution in [3.05, 3.63) is 81.4 Å². The fourth-order valence-electron chi connectivity index (χ4n) is 6.11. The zero-order valence-electron chi connectivity index (χ0n) is 22.7. The Balaban J connectivity index is 1.49. The number of H-pyrrole nitrogens is 1. The highest BCUT2D eigenvalue weighted by Gasteiger charge is 2.35. The number of rotatable bonds is 9. The van der Waals surface area contributed by atoms with Crippen LogP contribution in [0.1, 0.15) is 73.1 Å². The van der Waals surface area contributed by atoms with E-state index in [4.69, 9.17) is 9.47 Å². The maximum Gasteiger partial charge on any atom is 0.253 e. The Kier molecular flexibility index (Phi) is 7.43. The molecule has 6 rings (SSSR count). The highest BCUT2D eigenvalue weighted by molar-refractivity contribution is 5.79. The van der Waals surface area contributed by atoms with E-state index in [1.54, 1.807) is 7.11 Å². The van der Waals surface area contributed by atoms with Gasteiger partial charge in [-0.25, -0.2) is 4.68 Å². The Labute approximate surface area is 228 Å². The van der Waals surface area contributed by atoms with Gasteiger partial charge in [-0.3, -0.25) is 9.69 Å². The number of nitrogens with one attached hydrogen (secondary N) is 1. The summed E-state index contributed by atoms with van der Waals surface area (Å²) in [5.41, 5.74) is 3.61. The molecule has 1 saturated carbocycles. The lowest BCUT2D eigenvalue weighted by Crippen LogP contribution is -2.39. The third kappa shape index (κ3) is 5.46. The molecule has 3 heterocycles. The fraction of sp³-hybridized carbons (Fsp3) is 0.467. The largest absolute Gasteiger partial charge is 0.497 e. The van der Waals surface area contributed by atoms with E-state index in [9.17, 15) is 4.79 Å². The van der Waals surface area contributed by atoms with Gasteiger partial charge in [-0.15, -0.1) is 5.10 Å². The monoisotopic (exact) mass is 528 g/mol. The molecule has 0 radical (unpaired) electrons. The Morgan fingerprint density at radius 2 is 1.92 bits per heavy atom. The Morgan fingerprint density at radius 1 is 1.10 bits per heavy atom. The van der Waals surface area contributed by atoms with E-state index >= 15 is 0 Å². The number of ether oxygens (including phenoxy) is 2. The topological polar surface area (TPSA) is 98.2 Å². The molecule has 1 aliphatic carbocycles. The van der Waals surface area contributed by atoms with Gasteiger partial charge in [-0.1, -0.05) is 36.6 Å². The van der Waals surface area contributed by atoms with E-state index in [2.05, 4.69) is 50.5 Å². The van der Waals surface area contributed by atoms with Gasteiger partial charge in [-0.2, -0.15) is 0 Å². The van der Waals surface area contributed by atoms with Gasteiger partial charge >= 0.3 is 0 Å². The molecule has 2 atom stereocenters. The van der Waals surface area contributed by atoms with Crippen LogP contribution in [0.5, 0.6) is 5.75 Å². The molecule has 1 saturated heterocycles. The van der Waals surface area contributed by atoms with Gasteiger partial charge in [0.1, 0.15) is 11.8 Å². The molecule has 9 heteroatoms. The van der Waals surface area contributed by atoms with Crippen LogP contribution in [-0.2, 0) is 11.3 Å². The minimum atomic E-state index is -0.444. The van der Waals surface area contributed by atoms with Crippen LogP contribution in [0.3, 0.4) is 0 Å². The molecule has 2 aliphatic rings. The van der Waals surface area contributed by atoms with E-state index in [1.807, 2.05) is 35.0 Å². The van der Waals surface area contributed by atoms with Crippen LogP contribution in [0, 0.1) is 6.92 Å². The predicted molar refractivity (Wildman–Crippen MR) is 149 cm³/mol. The lowest BCUT2D eigenvalue weighted by Gasteiger charge is -2.33. The molecule has 0 amide bonds. The van der Waals surface area contributed by atoms with Crippen LogP contribution in [0.15, 0.2) is 53.3 Å². The minimum Gasteiger partial charge on any atom is -0.497 e. The second kappa shape index (κ2) is 11.3. The van der Waals surface area contributed by atoms with E-state index < -0.39 is 6.04 Å². The van der Waals surface area contributed by atoms with Gasteiger partial charge in [0.2, 0.25) is 0 Å². The van der Waals surface area contributed by atoms with E-state index in [1.165, 1.54) is 0 Å². The Hall–Kier alpha value is -3.56. The summed E-state index contributed by atoms with van der Waals surface area (Å²) in [5, 5.41) is 14.2. The van der Waals surface area contributed by atoms with Crippen LogP contribution < -0.4 is 10.3 Å². The fourth-order valence-corrected chi connectivity index (χ4v) is 6.11. The van der Waals surface area contributed by atoms with Crippen molar-refractivity contribution in [3.63, 3.8) is 0 Å². The maximum atomic E-state index is 13.8. The second-order valence-electron chi connectivity index (χ2n) is 10.9. The summed E-state index contributed by atoms with van der Waals surface area (Å²) in [4.78, 5) is 19.2. The molecule has 39 heavy (non-hydrogen) atoms. The van der Waals surface area contributed by atoms with Crippen molar-refractivity contribution < 1.29 is 9.47 Å². The predicted octanol–water partition coefficient (Wildman–Crippen LogP) is 4.72. The average molecular weight is 529 g/mol. The number of benzene rings is 2. The standard InChI is InChI=1S/C30H36N6O3/c1-20-9-14-27-22(16-20)17-26(30(37)31-27)28(29-32-33-34-36(29)23-6-3-4-7-23)35(19-25-8-5-15-39-25)18-21-10-12-24(38-2)13-11-21/h9-14,16-17,23,25,28H,3-8,15,18-19H2,1-2H3,(H,31,37)/t25-,28-/m1/s1. The lowest BCUT2D eigenvalue weighted by atomic mass is 10.0. The van der Waals surface area contributed by atoms with Crippen molar-refractivity contribution in [3.8, 4) is 5.75 Å². The smallest absolute Gasteiger partial charge is 0.253 e. The molecule has 0 spiro atoms. The molecule has 4 aromatic rings. The van der Waals surface area contributed by atoms with Crippen LogP contribution in [0.4, 0.5) is 0 Å². The zero-order chi connectivity index (χ0) is 26.8. The molecule has 1 N–H and O–H groups in total. The summed E-state index contributed by atoms with van der Waals surface area (Å²) in [7, 11) is 1.67. The minimum absolute atomic E-state index is 0.0864. The molecule has 0 bridgehead atoms. The van der Waals surface area contributed by atoms with Crippen molar-refractivity contribution in [1.82, 2.24) is 30.1 Å². The number of hydrogen-bond acceptors (Lipinski definition) is 7. The first-order chi connectivity index (χ1) is 19.1. The van der Waals surface area contributed by atoms with Gasteiger partial charge in [0.05, 0.1) is 19.3 Å². The highest BCUT2D eigenvalue weighted by Crippen LogP contribution is 2.35. The van der Waals surface area contributed by atoms with Crippen molar-refractivity contribution in [2.45, 2.75) is 70.2 Å². The summed E-state index contributed by atoms with van der Waals surface area (Å²) in [5.74, 6) is 1.53. The van der Waals surface area contributed by atoms with Gasteiger partial charge in [0.25, 0.3) is 5.56 Å². The number of tetrazole rings is 1. The van der Waals surface area contributed by atoms with Crippen molar-refractivity contribution in [2.24, 2.45) is 0 Å². The summed E-state index contributed by atoms with van der Waals surface area (Å²) in [6.07, 6.45) is 6.54. The summed E-state index contributed by atoms with van der Waals surface area (Å²) >= 11 is 0. The third-order valence-electron chi connectivity index (χ3n) is 8.13. The van der Waals surface area contributed by atoms with Crippen LogP contribution in [0.25, 0.3) is 10.9 Å². The molecular weight excluding hydrogens is 492 g/mol. The lowest BCUT2D eigenvalue weighted by molar-refractivity contribution is 0.0569. The number of hydrogen-bond donors (Lipinski definition) is 1. The van der Waals surface area contributed by atoms with Gasteiger partial charge in [0.15, 0.2) is 5.82 Å². The summed E-state index contributed by atoms with van der Waals surface area (Å²) in [6, 6.07) is 16.0. The molecule has 0 unspecified atom stereocenters. The van der Waals surface area contributed by atoms with Crippen LogP contribution in [-0.4, -0.2) is 56.5 Å². The number of pyridine rings is 1. The molecular formula is C30H36N6O3. The number of methoxy groups -OCH3 is 1. The third-order valence-corrected chi connectivity index (χ3v) is 8.13. The summed E-state index contributed by atoms with van der Waals surface area (Å²) < 4.78 is 13.5. The van der Waals surface area contributed by atoms with E-state index in [0.717, 1.165) is 72.9 Å². The molecule has 1 aliphatic heterocycles. The van der Waals surface area contributed by atoms with E-state index in [0.29, 0.717) is 24.5 Å². The van der Waals surface area contributed by atoms with Crippen molar-refractivity contribution in [2.75, 3.05) is 20.3 Å². The zero-order valence-corrected chi connectivity index (χ0v) is 22.7. The molecule has 2 aromatic heterocycles. The Morgan fingerprint density at radius 3 is 2.67 bits per heavy atom. The van der Waals surface area contributed by atoms with Gasteiger partial charge in [0, 0.05) is 30.8 Å². The first-order valence-electron chi connectivity index (χ1n) is 14.0. The van der Waals surface area contributed by atoms with Crippen LogP contribution >= 0.6 is 0 Å². The number of aromatic amines is 1. The number of aromatic nitrogens is 5. The number of nitrogens with zero attached hydrogens (tertiary/aromatic N) is 5. The van der Waals surface area contributed by atoms with Crippen molar-refractivity contribution >= 4 is 10.9 Å². The second-order valence-corrected chi connectivity index (χ2v) is 10.9. The normalized spacial score (nSPS) is 18.8. The van der Waals surface area contributed by atoms with Gasteiger partial charge in [-0.05, 0) is 84.3 Å².